The van der Waals surface area contributed by atoms with Crippen molar-refractivity contribution >= 4 is 25.6 Å². The van der Waals surface area contributed by atoms with E-state index in [0.717, 1.165) is 12.2 Å². The van der Waals surface area contributed by atoms with Crippen molar-refractivity contribution in [1.29, 1.82) is 0 Å². The van der Waals surface area contributed by atoms with Gasteiger partial charge < -0.3 is 9.29 Å². The third-order valence-corrected chi connectivity index (χ3v) is 5.80. The van der Waals surface area contributed by atoms with Gasteiger partial charge in [0, 0.05) is 12.3 Å². The lowest BCUT2D eigenvalue weighted by molar-refractivity contribution is 0.0707. The average Bonchev–Trinajstić information content (AvgIpc) is 2.39. The molecule has 1 unspecified atom stereocenters. The SMILES string of the molecule is C=[S+](C)(C)C1CCCCO1.Cc1ccc(S(=O)(=O)[O-])cc1. The van der Waals surface area contributed by atoms with Crippen LogP contribution < -0.4 is 0 Å². The van der Waals surface area contributed by atoms with Crippen LogP contribution in [0.2, 0.25) is 0 Å². The van der Waals surface area contributed by atoms with Gasteiger partial charge in [0.1, 0.15) is 10.1 Å². The van der Waals surface area contributed by atoms with Crippen LogP contribution in [0.25, 0.3) is 0 Å². The third kappa shape index (κ3) is 6.74. The van der Waals surface area contributed by atoms with Crippen molar-refractivity contribution in [3.63, 3.8) is 0 Å². The van der Waals surface area contributed by atoms with Gasteiger partial charge in [0.25, 0.3) is 0 Å². The lowest BCUT2D eigenvalue weighted by Gasteiger charge is -2.25. The zero-order chi connectivity index (χ0) is 16.1. The minimum Gasteiger partial charge on any atom is -0.744 e. The fraction of sp³-hybridized carbons (Fsp3) is 0.533. The molecule has 120 valence electrons. The molecule has 1 aromatic rings. The van der Waals surface area contributed by atoms with Gasteiger partial charge in [-0.15, -0.1) is 9.62 Å². The monoisotopic (exact) mass is 332 g/mol. The summed E-state index contributed by atoms with van der Waals surface area (Å²) >= 11 is 0. The van der Waals surface area contributed by atoms with E-state index in [1.807, 2.05) is 6.92 Å². The first-order valence-electron chi connectivity index (χ1n) is 6.80. The minimum atomic E-state index is -4.27. The summed E-state index contributed by atoms with van der Waals surface area (Å²) in [5, 5.41) is 0. The Morgan fingerprint density at radius 1 is 1.24 bits per heavy atom. The highest BCUT2D eigenvalue weighted by Crippen LogP contribution is 2.19. The summed E-state index contributed by atoms with van der Waals surface area (Å²) in [6.45, 7) is 2.78. The molecule has 2 rings (SSSR count). The average molecular weight is 332 g/mol. The molecule has 0 radical (unpaired) electrons. The van der Waals surface area contributed by atoms with Crippen molar-refractivity contribution in [3.05, 3.63) is 29.8 Å². The van der Waals surface area contributed by atoms with Crippen LogP contribution in [0.4, 0.5) is 0 Å². The quantitative estimate of drug-likeness (QED) is 0.473. The summed E-state index contributed by atoms with van der Waals surface area (Å²) in [6, 6.07) is 5.78. The summed E-state index contributed by atoms with van der Waals surface area (Å²) in [5.74, 6) is 4.15. The van der Waals surface area contributed by atoms with Gasteiger partial charge in [-0.3, -0.25) is 0 Å². The summed E-state index contributed by atoms with van der Waals surface area (Å²) < 4.78 is 36.8. The van der Waals surface area contributed by atoms with Gasteiger partial charge in [-0.2, -0.15) is 0 Å². The molecular formula is C15H24O4S2. The second-order valence-electron chi connectivity index (χ2n) is 5.69. The molecular weight excluding hydrogens is 308 g/mol. The van der Waals surface area contributed by atoms with Gasteiger partial charge in [-0.1, -0.05) is 17.7 Å². The highest BCUT2D eigenvalue weighted by molar-refractivity contribution is 8.10. The van der Waals surface area contributed by atoms with E-state index >= 15 is 0 Å². The second-order valence-corrected chi connectivity index (χ2v) is 10.8. The zero-order valence-corrected chi connectivity index (χ0v) is 14.5. The first-order chi connectivity index (χ1) is 9.60. The Morgan fingerprint density at radius 2 is 1.81 bits per heavy atom. The molecule has 0 amide bonds. The Hall–Kier alpha value is -0.690. The molecule has 0 bridgehead atoms. The number of rotatable bonds is 2. The van der Waals surface area contributed by atoms with Gasteiger partial charge in [0.05, 0.1) is 24.0 Å². The highest BCUT2D eigenvalue weighted by Gasteiger charge is 2.24. The zero-order valence-electron chi connectivity index (χ0n) is 12.9. The van der Waals surface area contributed by atoms with E-state index in [9.17, 15) is 13.0 Å². The van der Waals surface area contributed by atoms with Crippen molar-refractivity contribution in [3.8, 4) is 0 Å². The summed E-state index contributed by atoms with van der Waals surface area (Å²) in [7, 11) is -4.97. The van der Waals surface area contributed by atoms with Gasteiger partial charge in [-0.05, 0) is 31.9 Å². The van der Waals surface area contributed by atoms with E-state index in [2.05, 4.69) is 18.4 Å². The standard InChI is InChI=1S/C8H17OS.C7H8O3S/c1-10(2,3)8-6-4-5-7-9-8;1-6-2-4-7(5-3-6)11(8,9)10/h8H,1,4-7H2,2-3H3;2-5H,1H3,(H,8,9,10)/q+1;/p-1. The predicted molar refractivity (Wildman–Crippen MR) is 89.1 cm³/mol. The summed E-state index contributed by atoms with van der Waals surface area (Å²) in [5.41, 5.74) is 1.40. The Kier molecular flexibility index (Phi) is 6.59. The molecule has 1 atom stereocenters. The molecule has 0 saturated carbocycles. The Labute approximate surface area is 129 Å². The fourth-order valence-corrected chi connectivity index (χ4v) is 3.66. The van der Waals surface area contributed by atoms with Gasteiger partial charge in [-0.25, -0.2) is 8.42 Å². The van der Waals surface area contributed by atoms with Crippen molar-refractivity contribution < 1.29 is 17.7 Å². The normalized spacial score (nSPS) is 19.5. The van der Waals surface area contributed by atoms with Crippen LogP contribution in [0.3, 0.4) is 0 Å². The molecule has 1 aliphatic heterocycles. The largest absolute Gasteiger partial charge is 0.744 e. The summed E-state index contributed by atoms with van der Waals surface area (Å²) in [6.07, 6.45) is 8.25. The van der Waals surface area contributed by atoms with Crippen molar-refractivity contribution in [2.45, 2.75) is 36.5 Å². The van der Waals surface area contributed by atoms with E-state index < -0.39 is 19.7 Å². The summed E-state index contributed by atoms with van der Waals surface area (Å²) in [4.78, 5) is -0.178. The smallest absolute Gasteiger partial charge is 0.184 e. The highest BCUT2D eigenvalue weighted by atomic mass is 32.2. The van der Waals surface area contributed by atoms with Crippen LogP contribution >= 0.6 is 0 Å². The van der Waals surface area contributed by atoms with E-state index in [4.69, 9.17) is 4.74 Å². The van der Waals surface area contributed by atoms with Gasteiger partial charge in [0.2, 0.25) is 0 Å². The number of hydrogen-bond acceptors (Lipinski definition) is 4. The lowest BCUT2D eigenvalue weighted by atomic mass is 10.2. The van der Waals surface area contributed by atoms with Crippen LogP contribution in [0.1, 0.15) is 24.8 Å². The van der Waals surface area contributed by atoms with Gasteiger partial charge in [0.15, 0.2) is 5.44 Å². The predicted octanol–water partition coefficient (Wildman–Crippen LogP) is 2.26. The molecule has 1 saturated heterocycles. The number of benzene rings is 1. The van der Waals surface area contributed by atoms with E-state index in [0.29, 0.717) is 5.44 Å². The second kappa shape index (κ2) is 7.54. The number of aryl methyl sites for hydroxylation is 1. The first-order valence-corrected chi connectivity index (χ1v) is 10.9. The van der Waals surface area contributed by atoms with Crippen LogP contribution in [0, 0.1) is 6.92 Å². The minimum absolute atomic E-state index is 0.178. The molecule has 0 aromatic heterocycles. The Morgan fingerprint density at radius 3 is 2.14 bits per heavy atom. The molecule has 21 heavy (non-hydrogen) atoms. The molecule has 6 heteroatoms. The number of ether oxygens (including phenoxy) is 1. The van der Waals surface area contributed by atoms with Crippen molar-refractivity contribution in [1.82, 2.24) is 0 Å². The number of hydrogen-bond donors (Lipinski definition) is 0. The molecule has 1 fully saturated rings. The van der Waals surface area contributed by atoms with Crippen molar-refractivity contribution in [2.75, 3.05) is 19.1 Å². The first kappa shape index (κ1) is 18.4. The third-order valence-electron chi connectivity index (χ3n) is 3.16. The topological polar surface area (TPSA) is 66.4 Å². The van der Waals surface area contributed by atoms with Crippen molar-refractivity contribution in [2.24, 2.45) is 0 Å². The molecule has 1 aromatic carbocycles. The molecule has 0 aliphatic carbocycles. The van der Waals surface area contributed by atoms with E-state index in [1.54, 1.807) is 12.1 Å². The maximum atomic E-state index is 10.4. The Balaban J connectivity index is 0.000000211. The lowest BCUT2D eigenvalue weighted by Crippen LogP contribution is -2.31. The maximum Gasteiger partial charge on any atom is 0.184 e. The molecule has 1 heterocycles. The van der Waals surface area contributed by atoms with Crippen LogP contribution in [-0.4, -0.2) is 43.4 Å². The van der Waals surface area contributed by atoms with Crippen LogP contribution in [-0.2, 0) is 24.5 Å². The van der Waals surface area contributed by atoms with Gasteiger partial charge >= 0.3 is 0 Å². The fourth-order valence-electron chi connectivity index (χ4n) is 1.92. The Bertz CT molecular complexity index is 579. The molecule has 4 nitrogen and oxygen atoms in total. The molecule has 0 N–H and O–H groups in total. The van der Waals surface area contributed by atoms with Crippen LogP contribution in [0.15, 0.2) is 29.2 Å². The van der Waals surface area contributed by atoms with Crippen LogP contribution in [0.5, 0.6) is 0 Å². The maximum absolute atomic E-state index is 10.4. The molecule has 0 spiro atoms. The van der Waals surface area contributed by atoms with E-state index in [-0.39, 0.29) is 4.90 Å². The van der Waals surface area contributed by atoms with E-state index in [1.165, 1.54) is 31.4 Å². The molecule has 1 aliphatic rings.